The molecule has 0 saturated heterocycles. The number of ether oxygens (including phenoxy) is 1. The predicted molar refractivity (Wildman–Crippen MR) is 102 cm³/mol. The molecule has 1 atom stereocenters. The summed E-state index contributed by atoms with van der Waals surface area (Å²) in [4.78, 5) is 0. The molecule has 0 aliphatic carbocycles. The molecule has 0 amide bonds. The SMILES string of the molecule is COc1c(C)cc(Br)c(C)c1C(Cl)c1cccc(C)c1I. The van der Waals surface area contributed by atoms with E-state index in [-0.39, 0.29) is 5.38 Å². The number of alkyl halides is 1. The number of halogens is 3. The highest BCUT2D eigenvalue weighted by Gasteiger charge is 2.23. The number of aryl methyl sites for hydroxylation is 2. The van der Waals surface area contributed by atoms with Gasteiger partial charge in [0.2, 0.25) is 0 Å². The summed E-state index contributed by atoms with van der Waals surface area (Å²) in [5.41, 5.74) is 5.60. The van der Waals surface area contributed by atoms with Crippen LogP contribution in [-0.2, 0) is 0 Å². The van der Waals surface area contributed by atoms with E-state index in [0.29, 0.717) is 0 Å². The van der Waals surface area contributed by atoms with Gasteiger partial charge in [-0.1, -0.05) is 34.1 Å². The Bertz CT molecular complexity index is 685. The van der Waals surface area contributed by atoms with Crippen LogP contribution in [0.15, 0.2) is 28.7 Å². The number of methoxy groups -OCH3 is 1. The predicted octanol–water partition coefficient (Wildman–Crippen LogP) is 6.32. The molecule has 0 N–H and O–H groups in total. The molecule has 21 heavy (non-hydrogen) atoms. The fourth-order valence-electron chi connectivity index (χ4n) is 2.47. The molecule has 2 rings (SSSR count). The van der Waals surface area contributed by atoms with Gasteiger partial charge >= 0.3 is 0 Å². The van der Waals surface area contributed by atoms with E-state index < -0.39 is 0 Å². The molecule has 1 unspecified atom stereocenters. The standard InChI is InChI=1S/C17H17BrClIO/c1-9-6-5-7-12(16(9)20)15(19)14-11(3)13(18)8-10(2)17(14)21-4/h5-8,15H,1-4H3. The highest BCUT2D eigenvalue weighted by molar-refractivity contribution is 14.1. The Kier molecular flexibility index (Phi) is 5.60. The van der Waals surface area contributed by atoms with Crippen molar-refractivity contribution in [2.75, 3.05) is 7.11 Å². The highest BCUT2D eigenvalue weighted by Crippen LogP contribution is 2.43. The first-order chi connectivity index (χ1) is 9.88. The molecule has 112 valence electrons. The third-order valence-corrected chi connectivity index (χ3v) is 6.41. The van der Waals surface area contributed by atoms with E-state index >= 15 is 0 Å². The van der Waals surface area contributed by atoms with Gasteiger partial charge in [0.25, 0.3) is 0 Å². The molecule has 0 saturated carbocycles. The normalized spacial score (nSPS) is 12.3. The van der Waals surface area contributed by atoms with Crippen molar-refractivity contribution >= 4 is 50.1 Å². The molecular weight excluding hydrogens is 462 g/mol. The van der Waals surface area contributed by atoms with Crippen molar-refractivity contribution in [1.29, 1.82) is 0 Å². The van der Waals surface area contributed by atoms with E-state index in [2.05, 4.69) is 76.6 Å². The largest absolute Gasteiger partial charge is 0.496 e. The minimum atomic E-state index is -0.233. The second-order valence-electron chi connectivity index (χ2n) is 5.09. The monoisotopic (exact) mass is 478 g/mol. The van der Waals surface area contributed by atoms with Crippen molar-refractivity contribution in [2.24, 2.45) is 0 Å². The van der Waals surface area contributed by atoms with Gasteiger partial charge in [-0.2, -0.15) is 0 Å². The number of hydrogen-bond donors (Lipinski definition) is 0. The van der Waals surface area contributed by atoms with Crippen LogP contribution in [0.1, 0.15) is 33.2 Å². The molecule has 2 aromatic rings. The Morgan fingerprint density at radius 2 is 1.86 bits per heavy atom. The Hall–Kier alpha value is -0.260. The Balaban J connectivity index is 2.68. The molecule has 4 heteroatoms. The van der Waals surface area contributed by atoms with Crippen molar-refractivity contribution in [3.8, 4) is 5.75 Å². The first kappa shape index (κ1) is 17.1. The minimum Gasteiger partial charge on any atom is -0.496 e. The maximum absolute atomic E-state index is 6.84. The zero-order valence-electron chi connectivity index (χ0n) is 12.4. The topological polar surface area (TPSA) is 9.23 Å². The summed E-state index contributed by atoms with van der Waals surface area (Å²) in [6.07, 6.45) is 0. The van der Waals surface area contributed by atoms with Gasteiger partial charge in [-0.3, -0.25) is 0 Å². The van der Waals surface area contributed by atoms with Crippen molar-refractivity contribution in [1.82, 2.24) is 0 Å². The van der Waals surface area contributed by atoms with Crippen LogP contribution >= 0.6 is 50.1 Å². The molecule has 0 aliphatic rings. The van der Waals surface area contributed by atoms with Crippen LogP contribution in [0, 0.1) is 24.3 Å². The Labute approximate surface area is 153 Å². The smallest absolute Gasteiger partial charge is 0.127 e. The van der Waals surface area contributed by atoms with Crippen LogP contribution in [0.3, 0.4) is 0 Å². The summed E-state index contributed by atoms with van der Waals surface area (Å²) in [5, 5.41) is -0.233. The zero-order chi connectivity index (χ0) is 15.7. The van der Waals surface area contributed by atoms with Crippen LogP contribution < -0.4 is 4.74 Å². The molecule has 0 bridgehead atoms. The van der Waals surface area contributed by atoms with E-state index in [1.807, 2.05) is 6.92 Å². The van der Waals surface area contributed by atoms with Crippen LogP contribution in [-0.4, -0.2) is 7.11 Å². The van der Waals surface area contributed by atoms with Gasteiger partial charge in [0.05, 0.1) is 12.5 Å². The quantitative estimate of drug-likeness (QED) is 0.370. The minimum absolute atomic E-state index is 0.233. The Morgan fingerprint density at radius 3 is 2.48 bits per heavy atom. The van der Waals surface area contributed by atoms with Crippen LogP contribution in [0.5, 0.6) is 5.75 Å². The van der Waals surface area contributed by atoms with Crippen LogP contribution in [0.25, 0.3) is 0 Å². The molecule has 0 fully saturated rings. The van der Waals surface area contributed by atoms with E-state index in [9.17, 15) is 0 Å². The summed E-state index contributed by atoms with van der Waals surface area (Å²) in [6.45, 7) is 6.21. The van der Waals surface area contributed by atoms with E-state index in [0.717, 1.165) is 32.5 Å². The summed E-state index contributed by atoms with van der Waals surface area (Å²) in [6, 6.07) is 8.31. The number of rotatable bonds is 3. The highest BCUT2D eigenvalue weighted by atomic mass is 127. The van der Waals surface area contributed by atoms with Gasteiger partial charge in [0.1, 0.15) is 5.75 Å². The fourth-order valence-corrected chi connectivity index (χ4v) is 4.33. The molecule has 1 nitrogen and oxygen atoms in total. The average molecular weight is 480 g/mol. The van der Waals surface area contributed by atoms with Crippen molar-refractivity contribution in [2.45, 2.75) is 26.1 Å². The maximum atomic E-state index is 6.84. The van der Waals surface area contributed by atoms with Gasteiger partial charge in [0.15, 0.2) is 0 Å². The fraction of sp³-hybridized carbons (Fsp3) is 0.294. The third kappa shape index (κ3) is 3.25. The van der Waals surface area contributed by atoms with Crippen molar-refractivity contribution in [3.63, 3.8) is 0 Å². The summed E-state index contributed by atoms with van der Waals surface area (Å²) >= 11 is 12.8. The number of hydrogen-bond acceptors (Lipinski definition) is 1. The lowest BCUT2D eigenvalue weighted by molar-refractivity contribution is 0.406. The first-order valence-electron chi connectivity index (χ1n) is 6.61. The molecule has 0 heterocycles. The lowest BCUT2D eigenvalue weighted by Gasteiger charge is -2.21. The van der Waals surface area contributed by atoms with E-state index in [1.165, 1.54) is 9.13 Å². The van der Waals surface area contributed by atoms with E-state index in [4.69, 9.17) is 16.3 Å². The van der Waals surface area contributed by atoms with Crippen molar-refractivity contribution in [3.05, 3.63) is 60.1 Å². The summed E-state index contributed by atoms with van der Waals surface area (Å²) in [5.74, 6) is 0.869. The average Bonchev–Trinajstić information content (AvgIpc) is 2.44. The first-order valence-corrected chi connectivity index (χ1v) is 8.92. The zero-order valence-corrected chi connectivity index (χ0v) is 16.9. The van der Waals surface area contributed by atoms with Crippen LogP contribution in [0.2, 0.25) is 0 Å². The molecule has 0 radical (unpaired) electrons. The lowest BCUT2D eigenvalue weighted by Crippen LogP contribution is -2.05. The molecular formula is C17H17BrClIO. The van der Waals surface area contributed by atoms with Gasteiger partial charge in [0, 0.05) is 13.6 Å². The number of benzene rings is 2. The maximum Gasteiger partial charge on any atom is 0.127 e. The van der Waals surface area contributed by atoms with E-state index in [1.54, 1.807) is 7.11 Å². The van der Waals surface area contributed by atoms with Crippen molar-refractivity contribution < 1.29 is 4.74 Å². The Morgan fingerprint density at radius 1 is 1.19 bits per heavy atom. The second-order valence-corrected chi connectivity index (χ2v) is 7.46. The van der Waals surface area contributed by atoms with Gasteiger partial charge in [-0.25, -0.2) is 0 Å². The second kappa shape index (κ2) is 6.88. The molecule has 0 aromatic heterocycles. The molecule has 0 spiro atoms. The van der Waals surface area contributed by atoms with Gasteiger partial charge in [-0.05, 0) is 71.7 Å². The van der Waals surface area contributed by atoms with Gasteiger partial charge in [-0.15, -0.1) is 11.6 Å². The van der Waals surface area contributed by atoms with Gasteiger partial charge < -0.3 is 4.74 Å². The van der Waals surface area contributed by atoms with Crippen LogP contribution in [0.4, 0.5) is 0 Å². The summed E-state index contributed by atoms with van der Waals surface area (Å²) < 4.78 is 7.88. The summed E-state index contributed by atoms with van der Waals surface area (Å²) in [7, 11) is 1.70. The molecule has 2 aromatic carbocycles. The lowest BCUT2D eigenvalue weighted by atomic mass is 9.96. The molecule has 0 aliphatic heterocycles. The third-order valence-electron chi connectivity index (χ3n) is 3.66.